The largest absolute Gasteiger partial charge is 2.00 e. The number of hydrogen-bond donors (Lipinski definition) is 2. The second-order valence-electron chi connectivity index (χ2n) is 0.577. The van der Waals surface area contributed by atoms with Gasteiger partial charge in [0.05, 0.1) is 0 Å². The van der Waals surface area contributed by atoms with E-state index < -0.39 is 0 Å². The molecule has 0 unspecified atom stereocenters. The van der Waals surface area contributed by atoms with Gasteiger partial charge in [0.2, 0.25) is 0 Å². The van der Waals surface area contributed by atoms with Crippen LogP contribution in [0.5, 0.6) is 0 Å². The van der Waals surface area contributed by atoms with E-state index >= 15 is 0 Å². The van der Waals surface area contributed by atoms with Crippen LogP contribution < -0.4 is 11.5 Å². The summed E-state index contributed by atoms with van der Waals surface area (Å²) < 4.78 is 0. The van der Waals surface area contributed by atoms with Crippen molar-refractivity contribution in [2.24, 2.45) is 11.5 Å². The topological polar surface area (TPSA) is 52.0 Å². The molecule has 0 aliphatic heterocycles. The zero-order valence-electron chi connectivity index (χ0n) is 2.92. The van der Waals surface area contributed by atoms with E-state index in [0.717, 1.165) is 0 Å². The standard InChI is InChI=1S/C2H8N2.Ru/c3-1-2-4;/h1-4H2;/q;+2. The van der Waals surface area contributed by atoms with Crippen LogP contribution in [0.25, 0.3) is 0 Å². The second kappa shape index (κ2) is 8.82. The number of nitrogens with two attached hydrogens (primary N) is 2. The van der Waals surface area contributed by atoms with E-state index in [4.69, 9.17) is 11.5 Å². The maximum absolute atomic E-state index is 4.90. The van der Waals surface area contributed by atoms with Crippen LogP contribution in [0, 0.1) is 0 Å². The molecule has 0 radical (unpaired) electrons. The van der Waals surface area contributed by atoms with Crippen LogP contribution in [0.2, 0.25) is 0 Å². The summed E-state index contributed by atoms with van der Waals surface area (Å²) in [5.41, 5.74) is 9.81. The summed E-state index contributed by atoms with van der Waals surface area (Å²) in [4.78, 5) is 0. The Kier molecular flexibility index (Phi) is 16.1. The first-order valence-electron chi connectivity index (χ1n) is 1.32. The molecule has 2 nitrogen and oxygen atoms in total. The van der Waals surface area contributed by atoms with Crippen molar-refractivity contribution < 1.29 is 19.5 Å². The van der Waals surface area contributed by atoms with Crippen LogP contribution in [-0.2, 0) is 19.5 Å². The van der Waals surface area contributed by atoms with Gasteiger partial charge in [-0.15, -0.1) is 0 Å². The summed E-state index contributed by atoms with van der Waals surface area (Å²) in [5.74, 6) is 0. The fraction of sp³-hybridized carbons (Fsp3) is 1.00. The molecule has 0 saturated heterocycles. The molecule has 5 heavy (non-hydrogen) atoms. The van der Waals surface area contributed by atoms with Crippen LogP contribution >= 0.6 is 0 Å². The van der Waals surface area contributed by atoms with Crippen molar-refractivity contribution in [1.82, 2.24) is 0 Å². The molecule has 0 amide bonds. The summed E-state index contributed by atoms with van der Waals surface area (Å²) >= 11 is 0. The average molecular weight is 161 g/mol. The zero-order valence-corrected chi connectivity index (χ0v) is 4.66. The maximum atomic E-state index is 4.90. The summed E-state index contributed by atoms with van der Waals surface area (Å²) in [6.07, 6.45) is 0. The first-order chi connectivity index (χ1) is 1.91. The Morgan fingerprint density at radius 2 is 1.20 bits per heavy atom. The molecule has 0 aromatic carbocycles. The molecule has 0 spiro atoms. The fourth-order valence-electron chi connectivity index (χ4n) is 0. The van der Waals surface area contributed by atoms with Gasteiger partial charge in [-0.1, -0.05) is 0 Å². The maximum Gasteiger partial charge on any atom is 2.00 e. The molecule has 0 saturated carbocycles. The van der Waals surface area contributed by atoms with Gasteiger partial charge in [0.15, 0.2) is 0 Å². The van der Waals surface area contributed by atoms with Gasteiger partial charge in [-0.2, -0.15) is 0 Å². The molecule has 0 rings (SSSR count). The van der Waals surface area contributed by atoms with Gasteiger partial charge < -0.3 is 11.5 Å². The van der Waals surface area contributed by atoms with E-state index in [1.807, 2.05) is 0 Å². The smallest absolute Gasteiger partial charge is 0.329 e. The third-order valence-corrected chi connectivity index (χ3v) is 0.167. The molecule has 32 valence electrons. The molecule has 0 fully saturated rings. The predicted octanol–water partition coefficient (Wildman–Crippen LogP) is -1.10. The molecule has 0 aromatic rings. The molecular weight excluding hydrogens is 153 g/mol. The molecule has 4 N–H and O–H groups in total. The van der Waals surface area contributed by atoms with Crippen molar-refractivity contribution in [3.63, 3.8) is 0 Å². The molecular formula is C2H8N2Ru+2. The third kappa shape index (κ3) is 12.3. The van der Waals surface area contributed by atoms with Crippen molar-refractivity contribution in [3.05, 3.63) is 0 Å². The minimum absolute atomic E-state index is 0. The van der Waals surface area contributed by atoms with E-state index in [1.54, 1.807) is 0 Å². The summed E-state index contributed by atoms with van der Waals surface area (Å²) in [7, 11) is 0. The van der Waals surface area contributed by atoms with Crippen LogP contribution in [0.4, 0.5) is 0 Å². The number of hydrogen-bond acceptors (Lipinski definition) is 2. The molecule has 3 heteroatoms. The van der Waals surface area contributed by atoms with E-state index in [2.05, 4.69) is 0 Å². The van der Waals surface area contributed by atoms with Gasteiger partial charge in [-0.05, 0) is 0 Å². The molecule has 0 atom stereocenters. The first-order valence-corrected chi connectivity index (χ1v) is 1.32. The van der Waals surface area contributed by atoms with Gasteiger partial charge in [-0.25, -0.2) is 0 Å². The van der Waals surface area contributed by atoms with Gasteiger partial charge >= 0.3 is 19.5 Å². The van der Waals surface area contributed by atoms with Crippen LogP contribution in [0.15, 0.2) is 0 Å². The molecule has 0 aliphatic rings. The first kappa shape index (κ1) is 9.11. The Bertz CT molecular complexity index is 9.61. The van der Waals surface area contributed by atoms with Gasteiger partial charge in [0.25, 0.3) is 0 Å². The van der Waals surface area contributed by atoms with Gasteiger partial charge in [-0.3, -0.25) is 0 Å². The quantitative estimate of drug-likeness (QED) is 0.480. The Labute approximate surface area is 44.7 Å². The second-order valence-corrected chi connectivity index (χ2v) is 0.577. The fourth-order valence-corrected chi connectivity index (χ4v) is 0. The van der Waals surface area contributed by atoms with Crippen molar-refractivity contribution in [3.8, 4) is 0 Å². The SMILES string of the molecule is NCCN.[Ru+2]. The average Bonchev–Trinajstić information content (AvgIpc) is 1.37. The minimum atomic E-state index is 0. The van der Waals surface area contributed by atoms with Crippen molar-refractivity contribution in [1.29, 1.82) is 0 Å². The van der Waals surface area contributed by atoms with E-state index in [1.165, 1.54) is 0 Å². The molecule has 0 heterocycles. The van der Waals surface area contributed by atoms with E-state index in [0.29, 0.717) is 13.1 Å². The Morgan fingerprint density at radius 1 is 1.00 bits per heavy atom. The Balaban J connectivity index is 0. The van der Waals surface area contributed by atoms with Crippen LogP contribution in [-0.4, -0.2) is 13.1 Å². The summed E-state index contributed by atoms with van der Waals surface area (Å²) in [6.45, 7) is 1.19. The van der Waals surface area contributed by atoms with Gasteiger partial charge in [0.1, 0.15) is 0 Å². The van der Waals surface area contributed by atoms with Crippen LogP contribution in [0.1, 0.15) is 0 Å². The predicted molar refractivity (Wildman–Crippen MR) is 18.1 cm³/mol. The Hall–Kier alpha value is 0.543. The zero-order chi connectivity index (χ0) is 3.41. The van der Waals surface area contributed by atoms with Crippen molar-refractivity contribution in [2.75, 3.05) is 13.1 Å². The van der Waals surface area contributed by atoms with Crippen molar-refractivity contribution in [2.45, 2.75) is 0 Å². The molecule has 0 aromatic heterocycles. The Morgan fingerprint density at radius 3 is 1.20 bits per heavy atom. The number of rotatable bonds is 1. The van der Waals surface area contributed by atoms with E-state index in [-0.39, 0.29) is 19.5 Å². The van der Waals surface area contributed by atoms with Gasteiger partial charge in [0, 0.05) is 13.1 Å². The minimum Gasteiger partial charge on any atom is -0.329 e. The van der Waals surface area contributed by atoms with E-state index in [9.17, 15) is 0 Å². The monoisotopic (exact) mass is 162 g/mol. The molecule has 0 aliphatic carbocycles. The summed E-state index contributed by atoms with van der Waals surface area (Å²) in [6, 6.07) is 0. The normalized spacial score (nSPS) is 6.00. The third-order valence-electron chi connectivity index (χ3n) is 0.167. The van der Waals surface area contributed by atoms with Crippen LogP contribution in [0.3, 0.4) is 0 Å². The summed E-state index contributed by atoms with van der Waals surface area (Å²) in [5, 5.41) is 0. The van der Waals surface area contributed by atoms with Crippen molar-refractivity contribution >= 4 is 0 Å². The molecule has 0 bridgehead atoms.